The van der Waals surface area contributed by atoms with Crippen LogP contribution in [0.15, 0.2) is 24.5 Å². The first-order valence-electron chi connectivity index (χ1n) is 2.75. The summed E-state index contributed by atoms with van der Waals surface area (Å²) in [6.07, 6.45) is 0. The first-order valence-corrected chi connectivity index (χ1v) is 2.75. The van der Waals surface area contributed by atoms with Gasteiger partial charge in [-0.15, -0.1) is 0 Å². The lowest BCUT2D eigenvalue weighted by Gasteiger charge is -1.98. The Bertz CT molecular complexity index is 203. The zero-order valence-corrected chi connectivity index (χ0v) is 6.09. The van der Waals surface area contributed by atoms with Crippen molar-refractivity contribution in [3.05, 3.63) is 24.5 Å². The predicted molar refractivity (Wildman–Crippen MR) is 37.7 cm³/mol. The Morgan fingerprint density at radius 3 is 2.00 bits per heavy atom. The van der Waals surface area contributed by atoms with Crippen LogP contribution < -0.4 is 0 Å². The molecule has 0 spiro atoms. The number of carbonyl (C=O) groups is 2. The maximum absolute atomic E-state index is 10.6. The third kappa shape index (κ3) is 3.20. The van der Waals surface area contributed by atoms with Crippen molar-refractivity contribution >= 4 is 11.9 Å². The molecular formula is C7H8O4. The molecule has 0 aromatic rings. The lowest BCUT2D eigenvalue weighted by atomic mass is 10.4. The van der Waals surface area contributed by atoms with Crippen molar-refractivity contribution in [3.8, 4) is 0 Å². The summed E-state index contributed by atoms with van der Waals surface area (Å²) in [5, 5.41) is 8.40. The number of rotatable bonds is 2. The van der Waals surface area contributed by atoms with E-state index in [0.717, 1.165) is 0 Å². The lowest BCUT2D eigenvalue weighted by Crippen LogP contribution is -2.13. The molecule has 0 aromatic heterocycles. The Morgan fingerprint density at radius 2 is 1.73 bits per heavy atom. The van der Waals surface area contributed by atoms with Gasteiger partial charge in [0.05, 0.1) is 0 Å². The SMILES string of the molecule is C=C(C)C(=O)OC(=O)C(=C)O. The Balaban J connectivity index is 4.07. The molecule has 11 heavy (non-hydrogen) atoms. The Labute approximate surface area is 63.8 Å². The topological polar surface area (TPSA) is 63.6 Å². The Hall–Kier alpha value is -1.58. The van der Waals surface area contributed by atoms with Gasteiger partial charge in [0.15, 0.2) is 5.76 Å². The van der Waals surface area contributed by atoms with Gasteiger partial charge in [-0.05, 0) is 13.5 Å². The summed E-state index contributed by atoms with van der Waals surface area (Å²) >= 11 is 0. The van der Waals surface area contributed by atoms with E-state index in [2.05, 4.69) is 17.9 Å². The zero-order chi connectivity index (χ0) is 9.02. The number of ether oxygens (including phenoxy) is 1. The van der Waals surface area contributed by atoms with E-state index in [4.69, 9.17) is 5.11 Å². The van der Waals surface area contributed by atoms with Crippen LogP contribution in [0.2, 0.25) is 0 Å². The summed E-state index contributed by atoms with van der Waals surface area (Å²) in [5.74, 6) is -2.83. The lowest BCUT2D eigenvalue weighted by molar-refractivity contribution is -0.155. The van der Waals surface area contributed by atoms with Crippen molar-refractivity contribution < 1.29 is 19.4 Å². The summed E-state index contributed by atoms with van der Waals surface area (Å²) in [6, 6.07) is 0. The zero-order valence-electron chi connectivity index (χ0n) is 6.09. The molecule has 0 heterocycles. The van der Waals surface area contributed by atoms with Crippen molar-refractivity contribution in [3.63, 3.8) is 0 Å². The minimum atomic E-state index is -1.15. The van der Waals surface area contributed by atoms with E-state index < -0.39 is 17.7 Å². The summed E-state index contributed by atoms with van der Waals surface area (Å²) in [5.41, 5.74) is 0.0830. The van der Waals surface area contributed by atoms with E-state index in [1.807, 2.05) is 0 Å². The number of aliphatic hydroxyl groups is 1. The Morgan fingerprint density at radius 1 is 1.27 bits per heavy atom. The van der Waals surface area contributed by atoms with Crippen LogP contribution in [0.5, 0.6) is 0 Å². The second kappa shape index (κ2) is 3.55. The molecule has 0 fully saturated rings. The summed E-state index contributed by atoms with van der Waals surface area (Å²) in [6.45, 7) is 7.48. The largest absolute Gasteiger partial charge is 0.502 e. The molecule has 0 saturated carbocycles. The molecule has 4 heteroatoms. The first-order chi connectivity index (χ1) is 4.95. The maximum Gasteiger partial charge on any atom is 0.380 e. The van der Waals surface area contributed by atoms with Crippen LogP contribution >= 0.6 is 0 Å². The molecule has 0 amide bonds. The molecule has 0 radical (unpaired) electrons. The van der Waals surface area contributed by atoms with Crippen molar-refractivity contribution in [2.75, 3.05) is 0 Å². The summed E-state index contributed by atoms with van der Waals surface area (Å²) < 4.78 is 4.05. The molecule has 0 rings (SSSR count). The highest BCUT2D eigenvalue weighted by Gasteiger charge is 2.12. The maximum atomic E-state index is 10.6. The van der Waals surface area contributed by atoms with Crippen molar-refractivity contribution in [1.82, 2.24) is 0 Å². The molecule has 0 aliphatic carbocycles. The fraction of sp³-hybridized carbons (Fsp3) is 0.143. The number of esters is 2. The summed E-state index contributed by atoms with van der Waals surface area (Å²) in [4.78, 5) is 21.0. The second-order valence-corrected chi connectivity index (χ2v) is 1.90. The average molecular weight is 156 g/mol. The van der Waals surface area contributed by atoms with Crippen LogP contribution in [0.4, 0.5) is 0 Å². The van der Waals surface area contributed by atoms with Crippen molar-refractivity contribution in [1.29, 1.82) is 0 Å². The normalized spacial score (nSPS) is 8.45. The average Bonchev–Trinajstić information content (AvgIpc) is 1.87. The van der Waals surface area contributed by atoms with Crippen LogP contribution in [-0.4, -0.2) is 17.0 Å². The minimum absolute atomic E-state index is 0.0830. The van der Waals surface area contributed by atoms with Crippen LogP contribution in [0.1, 0.15) is 6.92 Å². The summed E-state index contributed by atoms with van der Waals surface area (Å²) in [7, 11) is 0. The third-order valence-electron chi connectivity index (χ3n) is 0.769. The fourth-order valence-corrected chi connectivity index (χ4v) is 0.230. The highest BCUT2D eigenvalue weighted by molar-refractivity contribution is 5.99. The standard InChI is InChI=1S/C7H8O4/c1-4(2)6(9)11-7(10)5(3)8/h8H,1,3H2,2H3. The van der Waals surface area contributed by atoms with Crippen LogP contribution in [0, 0.1) is 0 Å². The van der Waals surface area contributed by atoms with Gasteiger partial charge in [-0.1, -0.05) is 6.58 Å². The van der Waals surface area contributed by atoms with Gasteiger partial charge in [0.1, 0.15) is 0 Å². The van der Waals surface area contributed by atoms with E-state index >= 15 is 0 Å². The molecule has 0 aromatic carbocycles. The van der Waals surface area contributed by atoms with Gasteiger partial charge in [-0.25, -0.2) is 9.59 Å². The monoisotopic (exact) mass is 156 g/mol. The van der Waals surface area contributed by atoms with Gasteiger partial charge >= 0.3 is 11.9 Å². The van der Waals surface area contributed by atoms with Gasteiger partial charge in [-0.3, -0.25) is 0 Å². The van der Waals surface area contributed by atoms with E-state index in [1.54, 1.807) is 0 Å². The van der Waals surface area contributed by atoms with E-state index in [-0.39, 0.29) is 5.57 Å². The van der Waals surface area contributed by atoms with Gasteiger partial charge in [0.25, 0.3) is 0 Å². The van der Waals surface area contributed by atoms with E-state index in [9.17, 15) is 9.59 Å². The molecule has 1 N–H and O–H groups in total. The minimum Gasteiger partial charge on any atom is -0.502 e. The van der Waals surface area contributed by atoms with Gasteiger partial charge in [-0.2, -0.15) is 0 Å². The van der Waals surface area contributed by atoms with Gasteiger partial charge in [0, 0.05) is 5.57 Å². The second-order valence-electron chi connectivity index (χ2n) is 1.90. The number of carbonyl (C=O) groups excluding carboxylic acids is 2. The molecular weight excluding hydrogens is 148 g/mol. The Kier molecular flexibility index (Phi) is 3.04. The van der Waals surface area contributed by atoms with Crippen molar-refractivity contribution in [2.45, 2.75) is 6.92 Å². The number of hydrogen-bond acceptors (Lipinski definition) is 4. The molecule has 0 saturated heterocycles. The van der Waals surface area contributed by atoms with Crippen LogP contribution in [0.3, 0.4) is 0 Å². The fourth-order valence-electron chi connectivity index (χ4n) is 0.230. The van der Waals surface area contributed by atoms with Crippen LogP contribution in [-0.2, 0) is 14.3 Å². The number of hydrogen-bond donors (Lipinski definition) is 1. The third-order valence-corrected chi connectivity index (χ3v) is 0.769. The van der Waals surface area contributed by atoms with E-state index in [1.165, 1.54) is 6.92 Å². The van der Waals surface area contributed by atoms with Crippen LogP contribution in [0.25, 0.3) is 0 Å². The molecule has 0 unspecified atom stereocenters. The molecule has 4 nitrogen and oxygen atoms in total. The van der Waals surface area contributed by atoms with E-state index in [0.29, 0.717) is 0 Å². The molecule has 0 aliphatic heterocycles. The number of aliphatic hydroxyl groups excluding tert-OH is 1. The molecule has 0 atom stereocenters. The molecule has 0 bridgehead atoms. The quantitative estimate of drug-likeness (QED) is 0.276. The predicted octanol–water partition coefficient (Wildman–Crippen LogP) is 0.704. The molecule has 60 valence electrons. The van der Waals surface area contributed by atoms with Gasteiger partial charge in [0.2, 0.25) is 0 Å². The van der Waals surface area contributed by atoms with Crippen molar-refractivity contribution in [2.24, 2.45) is 0 Å². The highest BCUT2D eigenvalue weighted by Crippen LogP contribution is 1.95. The first kappa shape index (κ1) is 9.42. The molecule has 0 aliphatic rings. The highest BCUT2D eigenvalue weighted by atomic mass is 16.6. The smallest absolute Gasteiger partial charge is 0.380 e. The van der Waals surface area contributed by atoms with Gasteiger partial charge < -0.3 is 9.84 Å².